The molecule has 7 heteroatoms. The number of rotatable bonds is 7. The van der Waals surface area contributed by atoms with Crippen LogP contribution < -0.4 is 10.2 Å². The molecule has 1 fully saturated rings. The Bertz CT molecular complexity index is 792. The number of morpholine rings is 1. The molecule has 27 heavy (non-hydrogen) atoms. The Hall–Kier alpha value is -2.77. The molecular formula is C20H22FN3O3. The van der Waals surface area contributed by atoms with E-state index in [1.807, 2.05) is 23.1 Å². The summed E-state index contributed by atoms with van der Waals surface area (Å²) in [6.45, 7) is 3.16. The molecular weight excluding hydrogens is 349 g/mol. The largest absolute Gasteiger partial charge is 0.488 e. The van der Waals surface area contributed by atoms with E-state index in [2.05, 4.69) is 10.5 Å². The fraction of sp³-hybridized carbons (Fsp3) is 0.300. The maximum Gasteiger partial charge on any atom is 0.254 e. The first-order valence-corrected chi connectivity index (χ1v) is 8.79. The average Bonchev–Trinajstić information content (AvgIpc) is 2.69. The second-order valence-corrected chi connectivity index (χ2v) is 6.10. The summed E-state index contributed by atoms with van der Waals surface area (Å²) in [7, 11) is 0. The molecule has 0 bridgehead atoms. The van der Waals surface area contributed by atoms with Gasteiger partial charge in [0, 0.05) is 24.2 Å². The number of benzene rings is 2. The summed E-state index contributed by atoms with van der Waals surface area (Å²) < 4.78 is 24.7. The molecule has 1 heterocycles. The Morgan fingerprint density at radius 2 is 1.93 bits per heavy atom. The van der Waals surface area contributed by atoms with Gasteiger partial charge in [-0.2, -0.15) is 5.10 Å². The third-order valence-corrected chi connectivity index (χ3v) is 4.12. The van der Waals surface area contributed by atoms with Crippen LogP contribution in [0.2, 0.25) is 0 Å². The van der Waals surface area contributed by atoms with E-state index in [-0.39, 0.29) is 24.9 Å². The van der Waals surface area contributed by atoms with Crippen molar-refractivity contribution in [1.82, 2.24) is 10.3 Å². The Morgan fingerprint density at radius 1 is 1.19 bits per heavy atom. The highest BCUT2D eigenvalue weighted by molar-refractivity contribution is 5.85. The van der Waals surface area contributed by atoms with Crippen molar-refractivity contribution in [3.05, 3.63) is 65.5 Å². The van der Waals surface area contributed by atoms with Crippen molar-refractivity contribution in [3.8, 4) is 5.75 Å². The summed E-state index contributed by atoms with van der Waals surface area (Å²) in [5, 5.41) is 4.00. The normalized spacial score (nSPS) is 15.0. The summed E-state index contributed by atoms with van der Waals surface area (Å²) in [6, 6.07) is 13.7. The Kier molecular flexibility index (Phi) is 6.90. The molecule has 0 aromatic heterocycles. The van der Waals surface area contributed by atoms with Gasteiger partial charge in [-0.3, -0.25) is 9.69 Å². The van der Waals surface area contributed by atoms with Crippen molar-refractivity contribution in [2.45, 2.75) is 6.61 Å². The zero-order valence-electron chi connectivity index (χ0n) is 14.9. The van der Waals surface area contributed by atoms with Gasteiger partial charge in [0.05, 0.1) is 26.0 Å². The molecule has 142 valence electrons. The fourth-order valence-electron chi connectivity index (χ4n) is 2.66. The predicted molar refractivity (Wildman–Crippen MR) is 100 cm³/mol. The van der Waals surface area contributed by atoms with Crippen LogP contribution in [0, 0.1) is 5.82 Å². The zero-order chi connectivity index (χ0) is 18.9. The summed E-state index contributed by atoms with van der Waals surface area (Å²) in [6.07, 6.45) is 1.52. The van der Waals surface area contributed by atoms with Crippen molar-refractivity contribution in [3.63, 3.8) is 0 Å². The van der Waals surface area contributed by atoms with Gasteiger partial charge in [0.15, 0.2) is 0 Å². The Morgan fingerprint density at radius 3 is 2.74 bits per heavy atom. The molecule has 0 unspecified atom stereocenters. The quantitative estimate of drug-likeness (QED) is 0.599. The molecule has 1 aliphatic rings. The lowest BCUT2D eigenvalue weighted by Crippen LogP contribution is -2.42. The molecule has 0 spiro atoms. The second-order valence-electron chi connectivity index (χ2n) is 6.10. The van der Waals surface area contributed by atoms with Gasteiger partial charge >= 0.3 is 0 Å². The number of para-hydroxylation sites is 1. The smallest absolute Gasteiger partial charge is 0.254 e. The minimum Gasteiger partial charge on any atom is -0.488 e. The van der Waals surface area contributed by atoms with Gasteiger partial charge in [-0.25, -0.2) is 9.82 Å². The number of nitrogens with one attached hydrogen (secondary N) is 1. The van der Waals surface area contributed by atoms with Gasteiger partial charge in [-0.1, -0.05) is 30.3 Å². The van der Waals surface area contributed by atoms with E-state index in [0.717, 1.165) is 13.1 Å². The molecule has 1 aliphatic heterocycles. The third kappa shape index (κ3) is 5.87. The molecule has 6 nitrogen and oxygen atoms in total. The molecule has 2 aromatic rings. The second kappa shape index (κ2) is 9.80. The van der Waals surface area contributed by atoms with Crippen molar-refractivity contribution in [2.24, 2.45) is 5.10 Å². The highest BCUT2D eigenvalue weighted by Gasteiger charge is 2.13. The molecule has 0 atom stereocenters. The number of hydrogen-bond donors (Lipinski definition) is 1. The van der Waals surface area contributed by atoms with E-state index >= 15 is 0 Å². The van der Waals surface area contributed by atoms with Crippen molar-refractivity contribution in [2.75, 3.05) is 32.8 Å². The van der Waals surface area contributed by atoms with Crippen LogP contribution in [0.4, 0.5) is 4.39 Å². The van der Waals surface area contributed by atoms with Crippen molar-refractivity contribution in [1.29, 1.82) is 0 Å². The number of carbonyl (C=O) groups is 1. The molecule has 3 rings (SSSR count). The molecule has 0 aliphatic carbocycles. The van der Waals surface area contributed by atoms with E-state index in [1.54, 1.807) is 24.3 Å². The molecule has 0 saturated carbocycles. The zero-order valence-corrected chi connectivity index (χ0v) is 14.9. The molecule has 1 amide bonds. The SMILES string of the molecule is O=C(CN1CCOCC1)N/N=C\c1ccccc1OCc1ccccc1F. The van der Waals surface area contributed by atoms with Gasteiger partial charge in [0.2, 0.25) is 0 Å². The number of amides is 1. The summed E-state index contributed by atoms with van der Waals surface area (Å²) in [5.74, 6) is 0.0730. The minimum absolute atomic E-state index is 0.112. The predicted octanol–water partition coefficient (Wildman–Crippen LogP) is 2.19. The maximum absolute atomic E-state index is 13.7. The van der Waals surface area contributed by atoms with Gasteiger partial charge in [-0.05, 0) is 18.2 Å². The van der Waals surface area contributed by atoms with Crippen LogP contribution in [0.3, 0.4) is 0 Å². The third-order valence-electron chi connectivity index (χ3n) is 4.12. The number of hydrogen-bond acceptors (Lipinski definition) is 5. The monoisotopic (exact) mass is 371 g/mol. The number of ether oxygens (including phenoxy) is 2. The maximum atomic E-state index is 13.7. The summed E-state index contributed by atoms with van der Waals surface area (Å²) in [4.78, 5) is 14.0. The number of nitrogens with zero attached hydrogens (tertiary/aromatic N) is 2. The van der Waals surface area contributed by atoms with Gasteiger partial charge in [0.25, 0.3) is 5.91 Å². The average molecular weight is 371 g/mol. The summed E-state index contributed by atoms with van der Waals surface area (Å²) >= 11 is 0. The molecule has 1 N–H and O–H groups in total. The van der Waals surface area contributed by atoms with E-state index in [9.17, 15) is 9.18 Å². The molecule has 2 aromatic carbocycles. The fourth-order valence-corrected chi connectivity index (χ4v) is 2.66. The van der Waals surface area contributed by atoms with Gasteiger partial charge in [-0.15, -0.1) is 0 Å². The first-order valence-electron chi connectivity index (χ1n) is 8.79. The van der Waals surface area contributed by atoms with Crippen LogP contribution in [-0.4, -0.2) is 49.9 Å². The van der Waals surface area contributed by atoms with Crippen LogP contribution in [0.5, 0.6) is 5.75 Å². The first kappa shape index (κ1) is 19.0. The highest BCUT2D eigenvalue weighted by Crippen LogP contribution is 2.18. The van der Waals surface area contributed by atoms with Crippen LogP contribution in [-0.2, 0) is 16.1 Å². The Labute approximate surface area is 157 Å². The molecule has 0 radical (unpaired) electrons. The lowest BCUT2D eigenvalue weighted by molar-refractivity contribution is -0.123. The van der Waals surface area contributed by atoms with E-state index in [0.29, 0.717) is 30.1 Å². The van der Waals surface area contributed by atoms with Crippen LogP contribution in [0.25, 0.3) is 0 Å². The first-order chi connectivity index (χ1) is 13.2. The van der Waals surface area contributed by atoms with E-state index in [4.69, 9.17) is 9.47 Å². The summed E-state index contributed by atoms with van der Waals surface area (Å²) in [5.41, 5.74) is 3.69. The lowest BCUT2D eigenvalue weighted by atomic mass is 10.2. The number of halogens is 1. The topological polar surface area (TPSA) is 63.2 Å². The van der Waals surface area contributed by atoms with Crippen LogP contribution in [0.15, 0.2) is 53.6 Å². The lowest BCUT2D eigenvalue weighted by Gasteiger charge is -2.25. The van der Waals surface area contributed by atoms with Gasteiger partial charge < -0.3 is 9.47 Å². The number of carbonyl (C=O) groups excluding carboxylic acids is 1. The van der Waals surface area contributed by atoms with E-state index in [1.165, 1.54) is 12.3 Å². The molecule has 1 saturated heterocycles. The van der Waals surface area contributed by atoms with Crippen molar-refractivity contribution < 1.29 is 18.7 Å². The number of hydrazone groups is 1. The standard InChI is InChI=1S/C20H22FN3O3/c21-18-7-3-1-6-17(18)15-27-19-8-4-2-5-16(19)13-22-23-20(25)14-24-9-11-26-12-10-24/h1-8,13H,9-12,14-15H2,(H,23,25)/b22-13-. The van der Waals surface area contributed by atoms with E-state index < -0.39 is 0 Å². The minimum atomic E-state index is -0.306. The van der Waals surface area contributed by atoms with Crippen molar-refractivity contribution >= 4 is 12.1 Å². The van der Waals surface area contributed by atoms with Crippen LogP contribution in [0.1, 0.15) is 11.1 Å². The van der Waals surface area contributed by atoms with Gasteiger partial charge in [0.1, 0.15) is 18.2 Å². The highest BCUT2D eigenvalue weighted by atomic mass is 19.1. The Balaban J connectivity index is 1.54. The van der Waals surface area contributed by atoms with Crippen LogP contribution >= 0.6 is 0 Å².